The van der Waals surface area contributed by atoms with Gasteiger partial charge in [0.05, 0.1) is 28.5 Å². The van der Waals surface area contributed by atoms with Crippen LogP contribution in [0, 0.1) is 0 Å². The topological polar surface area (TPSA) is 65.6 Å². The number of carbonyl (C=O) groups is 1. The maximum absolute atomic E-state index is 14.0. The van der Waals surface area contributed by atoms with Crippen LogP contribution in [0.2, 0.25) is 5.02 Å². The number of allylic oxidation sites excluding steroid dienone is 1. The van der Waals surface area contributed by atoms with Gasteiger partial charge in [0.2, 0.25) is 0 Å². The molecular formula is C32H26ClN3O3S. The Bertz CT molecular complexity index is 1950. The monoisotopic (exact) mass is 567 g/mol. The van der Waals surface area contributed by atoms with E-state index < -0.39 is 12.0 Å². The van der Waals surface area contributed by atoms with E-state index in [4.69, 9.17) is 21.3 Å². The first kappa shape index (κ1) is 26.0. The third-order valence-corrected chi connectivity index (χ3v) is 8.24. The van der Waals surface area contributed by atoms with Crippen molar-refractivity contribution in [1.82, 2.24) is 9.13 Å². The summed E-state index contributed by atoms with van der Waals surface area (Å²) in [6.07, 6.45) is 1.92. The first-order chi connectivity index (χ1) is 19.4. The number of ether oxygens (including phenoxy) is 1. The fourth-order valence-electron chi connectivity index (χ4n) is 5.18. The van der Waals surface area contributed by atoms with E-state index in [-0.39, 0.29) is 12.2 Å². The minimum Gasteiger partial charge on any atom is -0.463 e. The molecule has 1 atom stereocenters. The third kappa shape index (κ3) is 4.72. The van der Waals surface area contributed by atoms with Gasteiger partial charge in [0.15, 0.2) is 4.80 Å². The van der Waals surface area contributed by atoms with Crippen LogP contribution in [0.15, 0.2) is 106 Å². The number of para-hydroxylation sites is 1. The van der Waals surface area contributed by atoms with Crippen LogP contribution >= 0.6 is 22.9 Å². The van der Waals surface area contributed by atoms with E-state index in [1.807, 2.05) is 72.8 Å². The lowest BCUT2D eigenvalue weighted by Gasteiger charge is -2.24. The van der Waals surface area contributed by atoms with E-state index >= 15 is 0 Å². The molecule has 0 spiro atoms. The number of aromatic nitrogens is 2. The minimum absolute atomic E-state index is 0.199. The zero-order valence-electron chi connectivity index (χ0n) is 22.0. The zero-order chi connectivity index (χ0) is 27.8. The van der Waals surface area contributed by atoms with Crippen molar-refractivity contribution >= 4 is 45.9 Å². The number of nitrogens with zero attached hydrogens (tertiary/aromatic N) is 3. The minimum atomic E-state index is -0.626. The molecule has 8 heteroatoms. The SMILES string of the molecule is CCOC(=O)C1=C(C)N=c2sc(=Cc3cc4ccccc4n3Cc3ccc(Cl)cc3)c(=O)n2[C@@H]1c1ccccc1. The predicted molar refractivity (Wildman–Crippen MR) is 159 cm³/mol. The van der Waals surface area contributed by atoms with Gasteiger partial charge in [-0.1, -0.05) is 83.6 Å². The van der Waals surface area contributed by atoms with E-state index in [2.05, 4.69) is 22.8 Å². The van der Waals surface area contributed by atoms with Gasteiger partial charge in [0.25, 0.3) is 5.56 Å². The van der Waals surface area contributed by atoms with E-state index in [9.17, 15) is 9.59 Å². The van der Waals surface area contributed by atoms with Gasteiger partial charge in [-0.3, -0.25) is 9.36 Å². The largest absolute Gasteiger partial charge is 0.463 e. The summed E-state index contributed by atoms with van der Waals surface area (Å²) in [4.78, 5) is 32.4. The summed E-state index contributed by atoms with van der Waals surface area (Å²) in [5.41, 5.74) is 4.62. The summed E-state index contributed by atoms with van der Waals surface area (Å²) in [5.74, 6) is -0.463. The highest BCUT2D eigenvalue weighted by atomic mass is 35.5. The molecule has 0 N–H and O–H groups in total. The Morgan fingerprint density at radius 3 is 2.52 bits per heavy atom. The number of hydrogen-bond donors (Lipinski definition) is 0. The fraction of sp³-hybridized carbons (Fsp3) is 0.156. The molecule has 0 unspecified atom stereocenters. The number of thiazole rings is 1. The molecule has 0 bridgehead atoms. The smallest absolute Gasteiger partial charge is 0.338 e. The number of fused-ring (bicyclic) bond motifs is 2. The van der Waals surface area contributed by atoms with E-state index in [0.29, 0.717) is 32.2 Å². The van der Waals surface area contributed by atoms with E-state index in [0.717, 1.165) is 27.7 Å². The molecule has 5 aromatic rings. The molecule has 40 heavy (non-hydrogen) atoms. The Kier molecular flexibility index (Phi) is 7.00. The molecule has 200 valence electrons. The summed E-state index contributed by atoms with van der Waals surface area (Å²) >= 11 is 7.44. The summed E-state index contributed by atoms with van der Waals surface area (Å²) < 4.78 is 9.74. The molecule has 3 aromatic carbocycles. The molecule has 0 amide bonds. The molecule has 2 aromatic heterocycles. The quantitative estimate of drug-likeness (QED) is 0.256. The lowest BCUT2D eigenvalue weighted by atomic mass is 9.96. The Labute approximate surface area is 239 Å². The van der Waals surface area contributed by atoms with Crippen molar-refractivity contribution < 1.29 is 9.53 Å². The van der Waals surface area contributed by atoms with Crippen LogP contribution < -0.4 is 14.9 Å². The van der Waals surface area contributed by atoms with Crippen molar-refractivity contribution in [3.8, 4) is 0 Å². The molecule has 0 radical (unpaired) electrons. The molecule has 1 aliphatic rings. The molecule has 0 saturated heterocycles. The fourth-order valence-corrected chi connectivity index (χ4v) is 6.33. The second-order valence-corrected chi connectivity index (χ2v) is 11.0. The van der Waals surface area contributed by atoms with Crippen molar-refractivity contribution in [3.05, 3.63) is 138 Å². The van der Waals surface area contributed by atoms with Crippen LogP contribution in [-0.4, -0.2) is 21.7 Å². The lowest BCUT2D eigenvalue weighted by Crippen LogP contribution is -2.40. The standard InChI is InChI=1S/C32H26ClN3O3S/c1-3-39-31(38)28-20(2)34-32-36(29(28)22-9-5-4-6-10-22)30(37)27(40-32)18-25-17-23-11-7-8-12-26(23)35(25)19-21-13-15-24(33)16-14-21/h4-18,29H,3,19H2,1-2H3/t29-/m1/s1. The number of rotatable bonds is 6. The van der Waals surface area contributed by atoms with Crippen LogP contribution in [0.5, 0.6) is 0 Å². The molecular weight excluding hydrogens is 542 g/mol. The molecule has 0 aliphatic carbocycles. The highest BCUT2D eigenvalue weighted by Gasteiger charge is 2.33. The average molecular weight is 568 g/mol. The predicted octanol–water partition coefficient (Wildman–Crippen LogP) is 5.45. The van der Waals surface area contributed by atoms with Gasteiger partial charge in [0, 0.05) is 28.2 Å². The van der Waals surface area contributed by atoms with Gasteiger partial charge in [-0.25, -0.2) is 9.79 Å². The van der Waals surface area contributed by atoms with E-state index in [1.54, 1.807) is 18.4 Å². The Balaban J connectivity index is 1.54. The van der Waals surface area contributed by atoms with E-state index in [1.165, 1.54) is 11.3 Å². The summed E-state index contributed by atoms with van der Waals surface area (Å²) in [6.45, 7) is 4.42. The summed E-state index contributed by atoms with van der Waals surface area (Å²) in [6, 6.07) is 27.0. The van der Waals surface area contributed by atoms with Crippen molar-refractivity contribution in [2.45, 2.75) is 26.4 Å². The summed E-state index contributed by atoms with van der Waals surface area (Å²) in [5, 5.41) is 1.77. The number of esters is 1. The molecule has 0 fully saturated rings. The first-order valence-corrected chi connectivity index (χ1v) is 14.2. The number of halogens is 1. The second kappa shape index (κ2) is 10.8. The van der Waals surface area contributed by atoms with Gasteiger partial charge in [-0.15, -0.1) is 0 Å². The molecule has 6 rings (SSSR count). The number of carbonyl (C=O) groups excluding carboxylic acids is 1. The Morgan fingerprint density at radius 1 is 1.05 bits per heavy atom. The second-order valence-electron chi connectivity index (χ2n) is 9.55. The highest BCUT2D eigenvalue weighted by molar-refractivity contribution is 7.07. The van der Waals surface area contributed by atoms with Crippen LogP contribution in [-0.2, 0) is 16.1 Å². The van der Waals surface area contributed by atoms with Crippen LogP contribution in [0.1, 0.15) is 36.7 Å². The number of benzene rings is 3. The van der Waals surface area contributed by atoms with Crippen molar-refractivity contribution in [2.24, 2.45) is 4.99 Å². The van der Waals surface area contributed by atoms with Crippen LogP contribution in [0.25, 0.3) is 17.0 Å². The molecule has 0 saturated carbocycles. The van der Waals surface area contributed by atoms with Gasteiger partial charge in [-0.05, 0) is 55.3 Å². The molecule has 3 heterocycles. The van der Waals surface area contributed by atoms with Gasteiger partial charge in [-0.2, -0.15) is 0 Å². The Hall–Kier alpha value is -4.20. The summed E-state index contributed by atoms with van der Waals surface area (Å²) in [7, 11) is 0. The van der Waals surface area contributed by atoms with Gasteiger partial charge < -0.3 is 9.30 Å². The lowest BCUT2D eigenvalue weighted by molar-refractivity contribution is -0.139. The van der Waals surface area contributed by atoms with Crippen LogP contribution in [0.3, 0.4) is 0 Å². The third-order valence-electron chi connectivity index (χ3n) is 7.01. The molecule has 6 nitrogen and oxygen atoms in total. The highest BCUT2D eigenvalue weighted by Crippen LogP contribution is 2.30. The van der Waals surface area contributed by atoms with Gasteiger partial charge in [0.1, 0.15) is 0 Å². The maximum Gasteiger partial charge on any atom is 0.338 e. The first-order valence-electron chi connectivity index (χ1n) is 13.0. The average Bonchev–Trinajstić information content (AvgIpc) is 3.46. The van der Waals surface area contributed by atoms with Crippen molar-refractivity contribution in [3.63, 3.8) is 0 Å². The zero-order valence-corrected chi connectivity index (χ0v) is 23.6. The van der Waals surface area contributed by atoms with Crippen molar-refractivity contribution in [2.75, 3.05) is 6.61 Å². The van der Waals surface area contributed by atoms with Gasteiger partial charge >= 0.3 is 5.97 Å². The number of hydrogen-bond acceptors (Lipinski definition) is 5. The van der Waals surface area contributed by atoms with Crippen LogP contribution in [0.4, 0.5) is 0 Å². The normalized spacial score (nSPS) is 15.3. The molecule has 1 aliphatic heterocycles. The van der Waals surface area contributed by atoms with Crippen molar-refractivity contribution in [1.29, 1.82) is 0 Å². The maximum atomic E-state index is 14.0. The Morgan fingerprint density at radius 2 is 1.77 bits per heavy atom.